The Labute approximate surface area is 195 Å². The molecule has 1 aliphatic rings. The van der Waals surface area contributed by atoms with Gasteiger partial charge >= 0.3 is 0 Å². The highest BCUT2D eigenvalue weighted by Gasteiger charge is 2.34. The van der Waals surface area contributed by atoms with Gasteiger partial charge in [-0.2, -0.15) is 0 Å². The number of hydrogen-bond acceptors (Lipinski definition) is 7. The molecule has 0 saturated carbocycles. The molecule has 180 valence electrons. The third-order valence-corrected chi connectivity index (χ3v) is 6.27. The molecular formula is C23H32N4O5S. The van der Waals surface area contributed by atoms with Crippen molar-refractivity contribution in [3.63, 3.8) is 0 Å². The number of rotatable bonds is 8. The lowest BCUT2D eigenvalue weighted by Gasteiger charge is -2.38. The highest BCUT2D eigenvalue weighted by molar-refractivity contribution is 7.92. The SMILES string of the molecule is C[C@@H]1CN([C@H](C)CO)C(=O)c2cccc(NS(C)(=O)=O)c2O[C@@H]1CN(C)Cc1ccncc1. The van der Waals surface area contributed by atoms with Crippen molar-refractivity contribution in [3.05, 3.63) is 53.9 Å². The molecule has 1 amide bonds. The van der Waals surface area contributed by atoms with E-state index in [2.05, 4.69) is 14.6 Å². The molecule has 2 aromatic rings. The number of carbonyl (C=O) groups is 1. The summed E-state index contributed by atoms with van der Waals surface area (Å²) in [5.74, 6) is -0.182. The number of carbonyl (C=O) groups excluding carboxylic acids is 1. The van der Waals surface area contributed by atoms with E-state index in [4.69, 9.17) is 4.74 Å². The summed E-state index contributed by atoms with van der Waals surface area (Å²) in [6.45, 7) is 5.23. The van der Waals surface area contributed by atoms with E-state index in [0.29, 0.717) is 19.6 Å². The first-order chi connectivity index (χ1) is 15.6. The minimum absolute atomic E-state index is 0.0812. The topological polar surface area (TPSA) is 112 Å². The Bertz CT molecular complexity index is 1060. The van der Waals surface area contributed by atoms with Gasteiger partial charge in [-0.25, -0.2) is 8.42 Å². The Morgan fingerprint density at radius 3 is 2.64 bits per heavy atom. The molecule has 0 aliphatic carbocycles. The summed E-state index contributed by atoms with van der Waals surface area (Å²) in [6.07, 6.45) is 4.22. The van der Waals surface area contributed by atoms with Gasteiger partial charge in [0, 0.05) is 37.9 Å². The first-order valence-electron chi connectivity index (χ1n) is 10.9. The number of sulfonamides is 1. The minimum atomic E-state index is -3.59. The highest BCUT2D eigenvalue weighted by atomic mass is 32.2. The van der Waals surface area contributed by atoms with Crippen molar-refractivity contribution in [1.29, 1.82) is 0 Å². The van der Waals surface area contributed by atoms with Gasteiger partial charge in [-0.1, -0.05) is 13.0 Å². The van der Waals surface area contributed by atoms with Gasteiger partial charge in [0.2, 0.25) is 10.0 Å². The number of nitrogens with one attached hydrogen (secondary N) is 1. The molecule has 0 unspecified atom stereocenters. The number of aromatic nitrogens is 1. The summed E-state index contributed by atoms with van der Waals surface area (Å²) < 4.78 is 32.8. The normalized spacial score (nSPS) is 19.9. The Morgan fingerprint density at radius 2 is 2.00 bits per heavy atom. The Kier molecular flexibility index (Phi) is 7.93. The number of likely N-dealkylation sites (N-methyl/N-ethyl adjacent to an activating group) is 1. The molecule has 2 heterocycles. The number of ether oxygens (including phenoxy) is 1. The van der Waals surface area contributed by atoms with E-state index in [1.807, 2.05) is 26.1 Å². The molecule has 1 aromatic heterocycles. The summed E-state index contributed by atoms with van der Waals surface area (Å²) in [4.78, 5) is 21.2. The van der Waals surface area contributed by atoms with E-state index in [-0.39, 0.29) is 41.5 Å². The number of aliphatic hydroxyl groups is 1. The summed E-state index contributed by atoms with van der Waals surface area (Å²) in [5.41, 5.74) is 1.59. The van der Waals surface area contributed by atoms with Crippen LogP contribution in [0.3, 0.4) is 0 Å². The zero-order chi connectivity index (χ0) is 24.2. The van der Waals surface area contributed by atoms with Crippen LogP contribution in [0, 0.1) is 5.92 Å². The van der Waals surface area contributed by atoms with E-state index in [9.17, 15) is 18.3 Å². The highest BCUT2D eigenvalue weighted by Crippen LogP contribution is 2.35. The van der Waals surface area contributed by atoms with Crippen molar-refractivity contribution in [2.75, 3.05) is 37.7 Å². The predicted molar refractivity (Wildman–Crippen MR) is 127 cm³/mol. The number of nitrogens with zero attached hydrogens (tertiary/aromatic N) is 3. The van der Waals surface area contributed by atoms with E-state index in [0.717, 1.165) is 11.8 Å². The Hall–Kier alpha value is -2.69. The largest absolute Gasteiger partial charge is 0.486 e. The molecule has 0 spiro atoms. The molecule has 0 bridgehead atoms. The second kappa shape index (κ2) is 10.5. The van der Waals surface area contributed by atoms with E-state index in [1.165, 1.54) is 0 Å². The molecule has 3 atom stereocenters. The molecule has 0 saturated heterocycles. The lowest BCUT2D eigenvalue weighted by molar-refractivity contribution is 0.0344. The van der Waals surface area contributed by atoms with Crippen LogP contribution in [0.1, 0.15) is 29.8 Å². The summed E-state index contributed by atoms with van der Waals surface area (Å²) in [5, 5.41) is 9.75. The minimum Gasteiger partial charge on any atom is -0.486 e. The lowest BCUT2D eigenvalue weighted by Crippen LogP contribution is -2.49. The average Bonchev–Trinajstić information content (AvgIpc) is 2.75. The van der Waals surface area contributed by atoms with Crippen molar-refractivity contribution >= 4 is 21.6 Å². The number of hydrogen-bond donors (Lipinski definition) is 2. The third kappa shape index (κ3) is 6.43. The maximum absolute atomic E-state index is 13.4. The van der Waals surface area contributed by atoms with Crippen LogP contribution in [0.4, 0.5) is 5.69 Å². The first kappa shape index (κ1) is 24.9. The fraction of sp³-hybridized carbons (Fsp3) is 0.478. The number of benzene rings is 1. The van der Waals surface area contributed by atoms with Gasteiger partial charge in [0.05, 0.1) is 30.2 Å². The molecule has 3 rings (SSSR count). The van der Waals surface area contributed by atoms with Crippen LogP contribution in [-0.4, -0.2) is 79.4 Å². The zero-order valence-corrected chi connectivity index (χ0v) is 20.2. The molecule has 10 heteroatoms. The number of aliphatic hydroxyl groups excluding tert-OH is 1. The summed E-state index contributed by atoms with van der Waals surface area (Å²) in [6, 6.07) is 8.32. The molecule has 2 N–H and O–H groups in total. The zero-order valence-electron chi connectivity index (χ0n) is 19.4. The van der Waals surface area contributed by atoms with E-state index < -0.39 is 16.1 Å². The van der Waals surface area contributed by atoms with Gasteiger partial charge in [-0.05, 0) is 43.8 Å². The Balaban J connectivity index is 1.98. The number of fused-ring (bicyclic) bond motifs is 1. The lowest BCUT2D eigenvalue weighted by atomic mass is 9.99. The summed E-state index contributed by atoms with van der Waals surface area (Å²) in [7, 11) is -1.61. The second-order valence-electron chi connectivity index (χ2n) is 8.73. The predicted octanol–water partition coefficient (Wildman–Crippen LogP) is 1.81. The molecule has 9 nitrogen and oxygen atoms in total. The van der Waals surface area contributed by atoms with Gasteiger partial charge in [0.25, 0.3) is 5.91 Å². The van der Waals surface area contributed by atoms with Crippen molar-refractivity contribution in [3.8, 4) is 5.75 Å². The number of para-hydroxylation sites is 1. The van der Waals surface area contributed by atoms with Crippen LogP contribution in [0.2, 0.25) is 0 Å². The molecule has 1 aliphatic heterocycles. The van der Waals surface area contributed by atoms with Crippen LogP contribution >= 0.6 is 0 Å². The van der Waals surface area contributed by atoms with Gasteiger partial charge in [0.1, 0.15) is 6.10 Å². The average molecular weight is 477 g/mol. The van der Waals surface area contributed by atoms with Crippen molar-refractivity contribution in [1.82, 2.24) is 14.8 Å². The smallest absolute Gasteiger partial charge is 0.258 e. The maximum atomic E-state index is 13.4. The fourth-order valence-corrected chi connectivity index (χ4v) is 4.47. The molecular weight excluding hydrogens is 444 g/mol. The van der Waals surface area contributed by atoms with E-state index in [1.54, 1.807) is 42.4 Å². The van der Waals surface area contributed by atoms with Crippen LogP contribution in [0.15, 0.2) is 42.7 Å². The van der Waals surface area contributed by atoms with E-state index >= 15 is 0 Å². The molecule has 33 heavy (non-hydrogen) atoms. The van der Waals surface area contributed by atoms with Gasteiger partial charge in [-0.3, -0.25) is 19.4 Å². The second-order valence-corrected chi connectivity index (χ2v) is 10.5. The third-order valence-electron chi connectivity index (χ3n) is 5.68. The van der Waals surface area contributed by atoms with Gasteiger partial charge < -0.3 is 14.7 Å². The van der Waals surface area contributed by atoms with Crippen LogP contribution in [0.5, 0.6) is 5.75 Å². The van der Waals surface area contributed by atoms with Gasteiger partial charge in [0.15, 0.2) is 5.75 Å². The van der Waals surface area contributed by atoms with Gasteiger partial charge in [-0.15, -0.1) is 0 Å². The fourth-order valence-electron chi connectivity index (χ4n) is 3.91. The van der Waals surface area contributed by atoms with Crippen LogP contribution in [0.25, 0.3) is 0 Å². The van der Waals surface area contributed by atoms with Crippen molar-refractivity contribution in [2.45, 2.75) is 32.5 Å². The first-order valence-corrected chi connectivity index (χ1v) is 12.7. The molecule has 0 radical (unpaired) electrons. The maximum Gasteiger partial charge on any atom is 0.258 e. The van der Waals surface area contributed by atoms with Crippen molar-refractivity contribution < 1.29 is 23.1 Å². The standard InChI is InChI=1S/C23H32N4O5S/c1-16-12-27(17(2)15-28)23(29)19-6-5-7-20(25-33(4,30)31)22(19)32-21(16)14-26(3)13-18-8-10-24-11-9-18/h5-11,16-17,21,25,28H,12-15H2,1-4H3/t16-,17-,21-/m1/s1. The summed E-state index contributed by atoms with van der Waals surface area (Å²) >= 11 is 0. The molecule has 0 fully saturated rings. The quantitative estimate of drug-likeness (QED) is 0.598. The monoisotopic (exact) mass is 476 g/mol. The Morgan fingerprint density at radius 1 is 1.30 bits per heavy atom. The number of pyridine rings is 1. The number of anilines is 1. The van der Waals surface area contributed by atoms with Crippen LogP contribution in [-0.2, 0) is 16.6 Å². The molecule has 1 aromatic carbocycles. The number of amides is 1. The van der Waals surface area contributed by atoms with Crippen molar-refractivity contribution in [2.24, 2.45) is 5.92 Å². The van der Waals surface area contributed by atoms with Crippen LogP contribution < -0.4 is 9.46 Å².